The molecule has 0 bridgehead atoms. The number of carboxylic acids is 2. The molecule has 18 heavy (non-hydrogen) atoms. The molecule has 0 rings (SSSR count). The van der Waals surface area contributed by atoms with Crippen molar-refractivity contribution in [3.05, 3.63) is 0 Å². The predicted molar refractivity (Wildman–Crippen MR) is 70.5 cm³/mol. The van der Waals surface area contributed by atoms with E-state index in [0.29, 0.717) is 32.1 Å². The second-order valence-electron chi connectivity index (χ2n) is 5.49. The van der Waals surface area contributed by atoms with Crippen molar-refractivity contribution >= 4 is 11.9 Å². The van der Waals surface area contributed by atoms with Gasteiger partial charge in [0, 0.05) is 0 Å². The van der Waals surface area contributed by atoms with E-state index in [1.807, 2.05) is 27.7 Å². The lowest BCUT2D eigenvalue weighted by Crippen LogP contribution is -2.43. The Labute approximate surface area is 109 Å². The van der Waals surface area contributed by atoms with Gasteiger partial charge >= 0.3 is 11.9 Å². The van der Waals surface area contributed by atoms with Crippen molar-refractivity contribution in [1.29, 1.82) is 0 Å². The van der Waals surface area contributed by atoms with Gasteiger partial charge in [-0.25, -0.2) is 0 Å². The molecule has 0 saturated carbocycles. The van der Waals surface area contributed by atoms with Gasteiger partial charge in [-0.1, -0.05) is 40.5 Å². The standard InChI is InChI=1S/C14H26O4/c1-5-7-11(12(15)16)14(8-6-2,13(17)18)9-10(3)4/h10-11H,5-9H2,1-4H3,(H,15,16)(H,17,18). The highest BCUT2D eigenvalue weighted by molar-refractivity contribution is 5.83. The van der Waals surface area contributed by atoms with Gasteiger partial charge in [0.2, 0.25) is 0 Å². The Balaban J connectivity index is 5.47. The lowest BCUT2D eigenvalue weighted by atomic mass is 9.66. The first-order chi connectivity index (χ1) is 8.31. The van der Waals surface area contributed by atoms with Crippen LogP contribution in [0, 0.1) is 17.3 Å². The van der Waals surface area contributed by atoms with Crippen LogP contribution in [-0.2, 0) is 9.59 Å². The Morgan fingerprint density at radius 1 is 1.11 bits per heavy atom. The minimum Gasteiger partial charge on any atom is -0.481 e. The Bertz CT molecular complexity index is 286. The summed E-state index contributed by atoms with van der Waals surface area (Å²) in [7, 11) is 0. The van der Waals surface area contributed by atoms with Crippen molar-refractivity contribution in [3.8, 4) is 0 Å². The minimum absolute atomic E-state index is 0.173. The monoisotopic (exact) mass is 258 g/mol. The molecule has 2 N–H and O–H groups in total. The third kappa shape index (κ3) is 4.00. The van der Waals surface area contributed by atoms with Crippen molar-refractivity contribution in [1.82, 2.24) is 0 Å². The third-order valence-electron chi connectivity index (χ3n) is 3.44. The maximum absolute atomic E-state index is 11.7. The molecule has 0 aliphatic rings. The number of aliphatic carboxylic acids is 2. The second-order valence-corrected chi connectivity index (χ2v) is 5.49. The van der Waals surface area contributed by atoms with E-state index in [-0.39, 0.29) is 5.92 Å². The molecule has 0 aromatic rings. The average Bonchev–Trinajstić information content (AvgIpc) is 2.23. The van der Waals surface area contributed by atoms with Crippen molar-refractivity contribution in [2.24, 2.45) is 17.3 Å². The highest BCUT2D eigenvalue weighted by atomic mass is 16.4. The first-order valence-electron chi connectivity index (χ1n) is 6.78. The van der Waals surface area contributed by atoms with Crippen LogP contribution in [0.25, 0.3) is 0 Å². The largest absolute Gasteiger partial charge is 0.481 e. The van der Waals surface area contributed by atoms with Crippen molar-refractivity contribution in [2.75, 3.05) is 0 Å². The smallest absolute Gasteiger partial charge is 0.310 e. The summed E-state index contributed by atoms with van der Waals surface area (Å²) in [5, 5.41) is 19.0. The number of hydrogen-bond acceptors (Lipinski definition) is 2. The highest BCUT2D eigenvalue weighted by Gasteiger charge is 2.48. The molecule has 0 aliphatic carbocycles. The van der Waals surface area contributed by atoms with E-state index in [1.165, 1.54) is 0 Å². The summed E-state index contributed by atoms with van der Waals surface area (Å²) < 4.78 is 0. The van der Waals surface area contributed by atoms with Gasteiger partial charge in [0.1, 0.15) is 0 Å². The number of hydrogen-bond donors (Lipinski definition) is 2. The maximum atomic E-state index is 11.7. The fourth-order valence-electron chi connectivity index (χ4n) is 2.86. The summed E-state index contributed by atoms with van der Waals surface area (Å²) >= 11 is 0. The lowest BCUT2D eigenvalue weighted by Gasteiger charge is -2.36. The molecule has 0 aromatic carbocycles. The average molecular weight is 258 g/mol. The van der Waals surface area contributed by atoms with Crippen LogP contribution in [0.4, 0.5) is 0 Å². The number of carboxylic acid groups (broad SMARTS) is 2. The molecule has 0 heterocycles. The van der Waals surface area contributed by atoms with Gasteiger partial charge in [0.15, 0.2) is 0 Å². The molecule has 0 aromatic heterocycles. The van der Waals surface area contributed by atoms with Gasteiger partial charge in [0.05, 0.1) is 11.3 Å². The van der Waals surface area contributed by atoms with E-state index in [2.05, 4.69) is 0 Å². The van der Waals surface area contributed by atoms with Crippen LogP contribution in [-0.4, -0.2) is 22.2 Å². The van der Waals surface area contributed by atoms with Crippen LogP contribution >= 0.6 is 0 Å². The fourth-order valence-corrected chi connectivity index (χ4v) is 2.86. The molecule has 106 valence electrons. The molecular weight excluding hydrogens is 232 g/mol. The Hall–Kier alpha value is -1.06. The predicted octanol–water partition coefficient (Wildman–Crippen LogP) is 3.40. The molecule has 4 heteroatoms. The van der Waals surface area contributed by atoms with Crippen molar-refractivity contribution in [3.63, 3.8) is 0 Å². The van der Waals surface area contributed by atoms with Gasteiger partial charge in [-0.05, 0) is 25.2 Å². The van der Waals surface area contributed by atoms with E-state index >= 15 is 0 Å². The van der Waals surface area contributed by atoms with E-state index in [1.54, 1.807) is 0 Å². The molecule has 0 saturated heterocycles. The Morgan fingerprint density at radius 2 is 1.67 bits per heavy atom. The molecule has 2 unspecified atom stereocenters. The van der Waals surface area contributed by atoms with E-state index < -0.39 is 23.3 Å². The second kappa shape index (κ2) is 7.39. The van der Waals surface area contributed by atoms with Gasteiger partial charge in [-0.3, -0.25) is 9.59 Å². The van der Waals surface area contributed by atoms with Crippen LogP contribution in [0.3, 0.4) is 0 Å². The van der Waals surface area contributed by atoms with E-state index in [4.69, 9.17) is 0 Å². The van der Waals surface area contributed by atoms with Gasteiger partial charge in [-0.15, -0.1) is 0 Å². The molecule has 0 fully saturated rings. The zero-order chi connectivity index (χ0) is 14.3. The number of carbonyl (C=O) groups is 2. The molecule has 4 nitrogen and oxygen atoms in total. The van der Waals surface area contributed by atoms with Gasteiger partial charge in [0.25, 0.3) is 0 Å². The van der Waals surface area contributed by atoms with Crippen molar-refractivity contribution in [2.45, 2.75) is 59.8 Å². The summed E-state index contributed by atoms with van der Waals surface area (Å²) in [6, 6.07) is 0. The van der Waals surface area contributed by atoms with Gasteiger partial charge in [-0.2, -0.15) is 0 Å². The summed E-state index contributed by atoms with van der Waals surface area (Å²) in [5.41, 5.74) is -1.12. The van der Waals surface area contributed by atoms with Crippen LogP contribution in [0.2, 0.25) is 0 Å². The topological polar surface area (TPSA) is 74.6 Å². The first kappa shape index (κ1) is 16.9. The van der Waals surface area contributed by atoms with E-state index in [0.717, 1.165) is 0 Å². The summed E-state index contributed by atoms with van der Waals surface area (Å²) in [6.07, 6.45) is 2.65. The summed E-state index contributed by atoms with van der Waals surface area (Å²) in [5.74, 6) is -2.55. The quantitative estimate of drug-likeness (QED) is 0.664. The van der Waals surface area contributed by atoms with Crippen LogP contribution in [0.15, 0.2) is 0 Å². The Morgan fingerprint density at radius 3 is 1.94 bits per heavy atom. The fraction of sp³-hybridized carbons (Fsp3) is 0.857. The SMILES string of the molecule is CCCC(C(=O)O)C(CCC)(CC(C)C)C(=O)O. The third-order valence-corrected chi connectivity index (χ3v) is 3.44. The van der Waals surface area contributed by atoms with Crippen LogP contribution in [0.5, 0.6) is 0 Å². The lowest BCUT2D eigenvalue weighted by molar-refractivity contribution is -0.165. The first-order valence-corrected chi connectivity index (χ1v) is 6.78. The molecule has 0 radical (unpaired) electrons. The molecule has 0 spiro atoms. The molecular formula is C14H26O4. The van der Waals surface area contributed by atoms with Crippen LogP contribution in [0.1, 0.15) is 59.8 Å². The molecule has 0 aliphatic heterocycles. The molecule has 0 amide bonds. The minimum atomic E-state index is -1.12. The van der Waals surface area contributed by atoms with Crippen molar-refractivity contribution < 1.29 is 19.8 Å². The van der Waals surface area contributed by atoms with Gasteiger partial charge < -0.3 is 10.2 Å². The zero-order valence-electron chi connectivity index (χ0n) is 11.9. The summed E-state index contributed by atoms with van der Waals surface area (Å²) in [4.78, 5) is 23.1. The number of rotatable bonds is 9. The zero-order valence-corrected chi connectivity index (χ0v) is 11.9. The van der Waals surface area contributed by atoms with E-state index in [9.17, 15) is 19.8 Å². The normalized spacial score (nSPS) is 16.3. The Kier molecular flexibility index (Phi) is 6.96. The molecule has 2 atom stereocenters. The van der Waals surface area contributed by atoms with Crippen LogP contribution < -0.4 is 0 Å². The maximum Gasteiger partial charge on any atom is 0.310 e. The summed E-state index contributed by atoms with van der Waals surface area (Å²) in [6.45, 7) is 7.68. The highest BCUT2D eigenvalue weighted by Crippen LogP contribution is 2.42.